The fourth-order valence-corrected chi connectivity index (χ4v) is 2.58. The average Bonchev–Trinajstić information content (AvgIpc) is 2.84. The predicted molar refractivity (Wildman–Crippen MR) is 73.8 cm³/mol. The number of halogens is 2. The third-order valence-corrected chi connectivity index (χ3v) is 3.70. The van der Waals surface area contributed by atoms with Crippen molar-refractivity contribution in [2.24, 2.45) is 0 Å². The zero-order valence-electron chi connectivity index (χ0n) is 10.3. The van der Waals surface area contributed by atoms with Gasteiger partial charge in [-0.3, -0.25) is 4.79 Å². The molecule has 6 heteroatoms. The number of rotatable bonds is 2. The van der Waals surface area contributed by atoms with Crippen molar-refractivity contribution in [3.05, 3.63) is 51.6 Å². The minimum Gasteiger partial charge on any atom is -0.451 e. The van der Waals surface area contributed by atoms with E-state index >= 15 is 0 Å². The molecule has 0 aliphatic carbocycles. The number of furan rings is 1. The van der Waals surface area contributed by atoms with E-state index in [4.69, 9.17) is 4.42 Å². The quantitative estimate of drug-likeness (QED) is 0.883. The number of hydrogen-bond donors (Lipinski definition) is 2. The number of amides is 1. The molecule has 20 heavy (non-hydrogen) atoms. The van der Waals surface area contributed by atoms with E-state index in [2.05, 4.69) is 21.2 Å². The van der Waals surface area contributed by atoms with Crippen molar-refractivity contribution in [1.29, 1.82) is 0 Å². The van der Waals surface area contributed by atoms with Crippen LogP contribution in [0, 0.1) is 5.82 Å². The second-order valence-corrected chi connectivity index (χ2v) is 5.41. The summed E-state index contributed by atoms with van der Waals surface area (Å²) in [7, 11) is 0. The van der Waals surface area contributed by atoms with Crippen LogP contribution in [0.2, 0.25) is 0 Å². The van der Waals surface area contributed by atoms with Crippen LogP contribution in [0.3, 0.4) is 0 Å². The van der Waals surface area contributed by atoms with Gasteiger partial charge in [0.05, 0.1) is 0 Å². The normalized spacial score (nSPS) is 15.7. The highest BCUT2D eigenvalue weighted by Gasteiger charge is 2.23. The molecule has 1 unspecified atom stereocenters. The Hall–Kier alpha value is -1.66. The Morgan fingerprint density at radius 2 is 2.15 bits per heavy atom. The fourth-order valence-electron chi connectivity index (χ4n) is 2.26. The second-order valence-electron chi connectivity index (χ2n) is 4.62. The van der Waals surface area contributed by atoms with E-state index in [0.29, 0.717) is 23.2 Å². The molecule has 1 aromatic heterocycles. The summed E-state index contributed by atoms with van der Waals surface area (Å²) < 4.78 is 19.8. The molecule has 2 heterocycles. The Morgan fingerprint density at radius 3 is 2.85 bits per heavy atom. The van der Waals surface area contributed by atoms with Crippen LogP contribution in [-0.4, -0.2) is 11.0 Å². The van der Waals surface area contributed by atoms with Crippen molar-refractivity contribution >= 4 is 27.5 Å². The van der Waals surface area contributed by atoms with E-state index in [1.54, 1.807) is 18.2 Å². The lowest BCUT2D eigenvalue weighted by atomic mass is 9.97. The Labute approximate surface area is 122 Å². The summed E-state index contributed by atoms with van der Waals surface area (Å²) in [6, 6.07) is 6.03. The minimum atomic E-state index is -1.18. The average molecular weight is 340 g/mol. The Kier molecular flexibility index (Phi) is 3.35. The number of hydrogen-bond acceptors (Lipinski definition) is 3. The zero-order chi connectivity index (χ0) is 14.3. The van der Waals surface area contributed by atoms with Crippen LogP contribution in [0.15, 0.2) is 33.4 Å². The molecule has 1 aliphatic heterocycles. The molecule has 0 saturated heterocycles. The van der Waals surface area contributed by atoms with Gasteiger partial charge in [0, 0.05) is 17.7 Å². The molecule has 0 saturated carbocycles. The number of anilines is 1. The van der Waals surface area contributed by atoms with Crippen molar-refractivity contribution in [2.75, 3.05) is 5.32 Å². The van der Waals surface area contributed by atoms with Gasteiger partial charge in [-0.2, -0.15) is 0 Å². The van der Waals surface area contributed by atoms with E-state index in [0.717, 1.165) is 5.56 Å². The van der Waals surface area contributed by atoms with Crippen molar-refractivity contribution in [3.8, 4) is 0 Å². The number of aryl methyl sites for hydroxylation is 1. The van der Waals surface area contributed by atoms with E-state index in [-0.39, 0.29) is 17.2 Å². The van der Waals surface area contributed by atoms with E-state index in [9.17, 15) is 14.3 Å². The van der Waals surface area contributed by atoms with Crippen LogP contribution in [-0.2, 0) is 11.2 Å². The van der Waals surface area contributed by atoms with E-state index in [1.165, 1.54) is 6.07 Å². The highest BCUT2D eigenvalue weighted by molar-refractivity contribution is 9.10. The molecule has 0 bridgehead atoms. The van der Waals surface area contributed by atoms with Gasteiger partial charge in [-0.25, -0.2) is 4.39 Å². The molecule has 1 aliphatic rings. The molecular weight excluding hydrogens is 329 g/mol. The molecule has 3 rings (SSSR count). The van der Waals surface area contributed by atoms with E-state index in [1.807, 2.05) is 0 Å². The van der Waals surface area contributed by atoms with Crippen molar-refractivity contribution in [2.45, 2.75) is 18.9 Å². The number of benzene rings is 1. The first kappa shape index (κ1) is 13.3. The summed E-state index contributed by atoms with van der Waals surface area (Å²) >= 11 is 3.14. The largest absolute Gasteiger partial charge is 0.451 e. The van der Waals surface area contributed by atoms with Gasteiger partial charge in [-0.1, -0.05) is 0 Å². The Bertz CT molecular complexity index is 683. The van der Waals surface area contributed by atoms with Gasteiger partial charge in [-0.05, 0) is 52.2 Å². The zero-order valence-corrected chi connectivity index (χ0v) is 11.9. The minimum absolute atomic E-state index is 0.125. The summed E-state index contributed by atoms with van der Waals surface area (Å²) in [5, 5.41) is 12.8. The number of nitrogens with one attached hydrogen (secondary N) is 1. The van der Waals surface area contributed by atoms with Crippen molar-refractivity contribution < 1.29 is 18.7 Å². The number of carbonyl (C=O) groups is 1. The fraction of sp³-hybridized carbons (Fsp3) is 0.214. The summed E-state index contributed by atoms with van der Waals surface area (Å²) in [6.45, 7) is 0. The first-order valence-corrected chi connectivity index (χ1v) is 6.89. The maximum Gasteiger partial charge on any atom is 0.224 e. The third-order valence-electron chi connectivity index (χ3n) is 3.28. The molecule has 2 aromatic rings. The number of carbonyl (C=O) groups excluding carboxylic acids is 1. The molecule has 1 amide bonds. The lowest BCUT2D eigenvalue weighted by molar-refractivity contribution is -0.116. The summed E-state index contributed by atoms with van der Waals surface area (Å²) in [5.74, 6) is -0.443. The molecule has 2 N–H and O–H groups in total. The standard InChI is InChI=1S/C14H11BrFNO3/c15-12-3-2-11(20-12)14(19)8-5-7-1-4-13(18)17-10(7)6-9(8)16/h2-3,5-6,14,19H,1,4H2,(H,17,18). The molecular formula is C14H11BrFNO3. The Morgan fingerprint density at radius 1 is 1.35 bits per heavy atom. The first-order chi connectivity index (χ1) is 9.54. The molecule has 104 valence electrons. The second kappa shape index (κ2) is 5.03. The summed E-state index contributed by atoms with van der Waals surface area (Å²) in [5.41, 5.74) is 1.42. The highest BCUT2D eigenvalue weighted by atomic mass is 79.9. The van der Waals surface area contributed by atoms with Crippen LogP contribution < -0.4 is 5.32 Å². The van der Waals surface area contributed by atoms with Gasteiger partial charge in [0.25, 0.3) is 0 Å². The predicted octanol–water partition coefficient (Wildman–Crippen LogP) is 3.15. The monoisotopic (exact) mass is 339 g/mol. The molecule has 0 spiro atoms. The molecule has 0 fully saturated rings. The molecule has 0 radical (unpaired) electrons. The van der Waals surface area contributed by atoms with Gasteiger partial charge >= 0.3 is 0 Å². The SMILES string of the molecule is O=C1CCc2cc(C(O)c3ccc(Br)o3)c(F)cc2N1. The number of fused-ring (bicyclic) bond motifs is 1. The maximum absolute atomic E-state index is 14.1. The Balaban J connectivity index is 2.00. The van der Waals surface area contributed by atoms with Crippen LogP contribution in [0.5, 0.6) is 0 Å². The summed E-state index contributed by atoms with van der Waals surface area (Å²) in [4.78, 5) is 11.3. The third kappa shape index (κ3) is 2.36. The van der Waals surface area contributed by atoms with Gasteiger partial charge in [0.15, 0.2) is 4.67 Å². The number of aliphatic hydroxyl groups is 1. The number of aliphatic hydroxyl groups excluding tert-OH is 1. The maximum atomic E-state index is 14.1. The van der Waals surface area contributed by atoms with Crippen LogP contribution >= 0.6 is 15.9 Å². The summed E-state index contributed by atoms with van der Waals surface area (Å²) in [6.07, 6.45) is -0.284. The first-order valence-electron chi connectivity index (χ1n) is 6.10. The van der Waals surface area contributed by atoms with E-state index < -0.39 is 11.9 Å². The van der Waals surface area contributed by atoms with Crippen molar-refractivity contribution in [1.82, 2.24) is 0 Å². The smallest absolute Gasteiger partial charge is 0.224 e. The van der Waals surface area contributed by atoms with Gasteiger partial charge in [0.2, 0.25) is 5.91 Å². The molecule has 4 nitrogen and oxygen atoms in total. The molecule has 1 atom stereocenters. The van der Waals surface area contributed by atoms with Crippen LogP contribution in [0.4, 0.5) is 10.1 Å². The van der Waals surface area contributed by atoms with Gasteiger partial charge in [0.1, 0.15) is 17.7 Å². The highest BCUT2D eigenvalue weighted by Crippen LogP contribution is 2.32. The molecule has 1 aromatic carbocycles. The van der Waals surface area contributed by atoms with Crippen LogP contribution in [0.25, 0.3) is 0 Å². The van der Waals surface area contributed by atoms with Crippen LogP contribution in [0.1, 0.15) is 29.4 Å². The topological polar surface area (TPSA) is 62.5 Å². The van der Waals surface area contributed by atoms with Crippen molar-refractivity contribution in [3.63, 3.8) is 0 Å². The lowest BCUT2D eigenvalue weighted by Crippen LogP contribution is -2.20. The van der Waals surface area contributed by atoms with Gasteiger partial charge in [-0.15, -0.1) is 0 Å². The lowest BCUT2D eigenvalue weighted by Gasteiger charge is -2.19. The van der Waals surface area contributed by atoms with Gasteiger partial charge < -0.3 is 14.8 Å².